The smallest absolute Gasteiger partial charge is 0.310 e. The third-order valence-corrected chi connectivity index (χ3v) is 3.11. The van der Waals surface area contributed by atoms with E-state index in [4.69, 9.17) is 0 Å². The monoisotopic (exact) mass is 224 g/mol. The highest BCUT2D eigenvalue weighted by atomic mass is 19.4. The lowest BCUT2D eigenvalue weighted by molar-refractivity contribution is -0.124. The van der Waals surface area contributed by atoms with Gasteiger partial charge in [0.2, 0.25) is 0 Å². The Morgan fingerprint density at radius 1 is 1.20 bits per heavy atom. The van der Waals surface area contributed by atoms with Gasteiger partial charge in [-0.05, 0) is 25.7 Å². The molecule has 1 saturated carbocycles. The fourth-order valence-corrected chi connectivity index (χ4v) is 1.91. The zero-order valence-corrected chi connectivity index (χ0v) is 9.08. The van der Waals surface area contributed by atoms with Crippen LogP contribution in [0.25, 0.3) is 0 Å². The van der Waals surface area contributed by atoms with Crippen LogP contribution in [0, 0.1) is 0 Å². The van der Waals surface area contributed by atoms with E-state index in [9.17, 15) is 13.2 Å². The van der Waals surface area contributed by atoms with Crippen LogP contribution in [0.1, 0.15) is 32.6 Å². The average Bonchev–Trinajstić information content (AvgIpc) is 2.06. The molecular formula is C10H19F3N2. The first-order valence-corrected chi connectivity index (χ1v) is 5.50. The molecule has 90 valence electrons. The van der Waals surface area contributed by atoms with Gasteiger partial charge >= 0.3 is 6.18 Å². The summed E-state index contributed by atoms with van der Waals surface area (Å²) in [5.74, 6) is 0. The second-order valence-electron chi connectivity index (χ2n) is 4.21. The summed E-state index contributed by atoms with van der Waals surface area (Å²) in [6, 6.07) is 0. The third kappa shape index (κ3) is 4.38. The minimum Gasteiger partial charge on any atom is -0.310 e. The SMILES string of the molecule is CCC1(NCCNCC(F)(F)F)CCC1. The summed E-state index contributed by atoms with van der Waals surface area (Å²) < 4.78 is 35.3. The summed E-state index contributed by atoms with van der Waals surface area (Å²) in [7, 11) is 0. The minimum atomic E-state index is -4.10. The summed E-state index contributed by atoms with van der Waals surface area (Å²) in [5, 5.41) is 5.72. The summed E-state index contributed by atoms with van der Waals surface area (Å²) in [4.78, 5) is 0. The number of rotatable bonds is 6. The molecule has 0 unspecified atom stereocenters. The van der Waals surface area contributed by atoms with Gasteiger partial charge < -0.3 is 10.6 Å². The van der Waals surface area contributed by atoms with Crippen LogP contribution in [-0.2, 0) is 0 Å². The van der Waals surface area contributed by atoms with Gasteiger partial charge in [0.1, 0.15) is 0 Å². The Balaban J connectivity index is 2.02. The molecule has 0 aromatic carbocycles. The lowest BCUT2D eigenvalue weighted by Gasteiger charge is -2.42. The Kier molecular flexibility index (Phi) is 4.40. The Labute approximate surface area is 88.6 Å². The Morgan fingerprint density at radius 3 is 2.27 bits per heavy atom. The van der Waals surface area contributed by atoms with Crippen LogP contribution in [0.2, 0.25) is 0 Å². The van der Waals surface area contributed by atoms with Gasteiger partial charge in [-0.15, -0.1) is 0 Å². The standard InChI is InChI=1S/C10H19F3N2/c1-2-9(4-3-5-9)15-7-6-14-8-10(11,12)13/h14-15H,2-8H2,1H3. The predicted molar refractivity (Wildman–Crippen MR) is 53.8 cm³/mol. The molecular weight excluding hydrogens is 205 g/mol. The largest absolute Gasteiger partial charge is 0.401 e. The molecule has 1 fully saturated rings. The van der Waals surface area contributed by atoms with E-state index < -0.39 is 12.7 Å². The fraction of sp³-hybridized carbons (Fsp3) is 1.00. The van der Waals surface area contributed by atoms with E-state index in [2.05, 4.69) is 17.6 Å². The predicted octanol–water partition coefficient (Wildman–Crippen LogP) is 2.06. The molecule has 0 spiro atoms. The highest BCUT2D eigenvalue weighted by Crippen LogP contribution is 2.34. The second-order valence-corrected chi connectivity index (χ2v) is 4.21. The lowest BCUT2D eigenvalue weighted by Crippen LogP contribution is -2.52. The summed E-state index contributed by atoms with van der Waals surface area (Å²) in [5.41, 5.74) is 0.222. The van der Waals surface area contributed by atoms with Gasteiger partial charge in [0.15, 0.2) is 0 Å². The molecule has 0 aromatic heterocycles. The Morgan fingerprint density at radius 2 is 1.87 bits per heavy atom. The average molecular weight is 224 g/mol. The summed E-state index contributed by atoms with van der Waals surface area (Å²) in [6.07, 6.45) is 0.507. The maximum absolute atomic E-state index is 11.8. The van der Waals surface area contributed by atoms with Gasteiger partial charge in [-0.2, -0.15) is 13.2 Å². The van der Waals surface area contributed by atoms with Crippen LogP contribution >= 0.6 is 0 Å². The third-order valence-electron chi connectivity index (χ3n) is 3.11. The zero-order chi connectivity index (χ0) is 11.4. The van der Waals surface area contributed by atoms with E-state index in [-0.39, 0.29) is 5.54 Å². The van der Waals surface area contributed by atoms with Crippen LogP contribution in [0.15, 0.2) is 0 Å². The van der Waals surface area contributed by atoms with Gasteiger partial charge in [0.05, 0.1) is 6.54 Å². The van der Waals surface area contributed by atoms with Crippen molar-refractivity contribution >= 4 is 0 Å². The first-order valence-electron chi connectivity index (χ1n) is 5.50. The molecule has 0 saturated heterocycles. The van der Waals surface area contributed by atoms with Crippen molar-refractivity contribution in [1.82, 2.24) is 10.6 Å². The molecule has 2 N–H and O–H groups in total. The Hall–Kier alpha value is -0.290. The number of nitrogens with one attached hydrogen (secondary N) is 2. The van der Waals surface area contributed by atoms with Crippen molar-refractivity contribution in [2.45, 2.75) is 44.3 Å². The van der Waals surface area contributed by atoms with E-state index in [0.717, 1.165) is 19.3 Å². The normalized spacial score (nSPS) is 20.0. The molecule has 0 radical (unpaired) electrons. The van der Waals surface area contributed by atoms with E-state index in [1.54, 1.807) is 0 Å². The minimum absolute atomic E-state index is 0.222. The van der Waals surface area contributed by atoms with E-state index in [1.807, 2.05) is 0 Å². The van der Waals surface area contributed by atoms with E-state index >= 15 is 0 Å². The molecule has 1 rings (SSSR count). The molecule has 0 aliphatic heterocycles. The van der Waals surface area contributed by atoms with E-state index in [1.165, 1.54) is 6.42 Å². The maximum atomic E-state index is 11.8. The highest BCUT2D eigenvalue weighted by molar-refractivity contribution is 4.94. The molecule has 0 aromatic rings. The van der Waals surface area contributed by atoms with Gasteiger partial charge in [0.25, 0.3) is 0 Å². The second kappa shape index (κ2) is 5.16. The molecule has 15 heavy (non-hydrogen) atoms. The van der Waals surface area contributed by atoms with Crippen molar-refractivity contribution in [3.05, 3.63) is 0 Å². The van der Waals surface area contributed by atoms with Crippen molar-refractivity contribution in [1.29, 1.82) is 0 Å². The number of halogens is 3. The van der Waals surface area contributed by atoms with Crippen LogP contribution in [0.5, 0.6) is 0 Å². The zero-order valence-electron chi connectivity index (χ0n) is 9.08. The first kappa shape index (κ1) is 12.8. The molecule has 1 aliphatic carbocycles. The maximum Gasteiger partial charge on any atom is 0.401 e. The van der Waals surface area contributed by atoms with Crippen LogP contribution < -0.4 is 10.6 Å². The van der Waals surface area contributed by atoms with Crippen molar-refractivity contribution in [3.8, 4) is 0 Å². The van der Waals surface area contributed by atoms with Gasteiger partial charge in [-0.25, -0.2) is 0 Å². The van der Waals surface area contributed by atoms with Gasteiger partial charge in [0, 0.05) is 18.6 Å². The van der Waals surface area contributed by atoms with Crippen molar-refractivity contribution < 1.29 is 13.2 Å². The fourth-order valence-electron chi connectivity index (χ4n) is 1.91. The van der Waals surface area contributed by atoms with Crippen LogP contribution in [0.3, 0.4) is 0 Å². The molecule has 0 amide bonds. The van der Waals surface area contributed by atoms with Crippen LogP contribution in [0.4, 0.5) is 13.2 Å². The summed E-state index contributed by atoms with van der Waals surface area (Å²) in [6.45, 7) is 2.22. The van der Waals surface area contributed by atoms with E-state index in [0.29, 0.717) is 13.1 Å². The molecule has 0 heterocycles. The number of alkyl halides is 3. The molecule has 2 nitrogen and oxygen atoms in total. The first-order chi connectivity index (χ1) is 6.97. The topological polar surface area (TPSA) is 24.1 Å². The van der Waals surface area contributed by atoms with Crippen molar-refractivity contribution in [2.75, 3.05) is 19.6 Å². The number of hydrogen-bond acceptors (Lipinski definition) is 2. The van der Waals surface area contributed by atoms with Crippen molar-refractivity contribution in [3.63, 3.8) is 0 Å². The number of hydrogen-bond donors (Lipinski definition) is 2. The van der Waals surface area contributed by atoms with Crippen LogP contribution in [-0.4, -0.2) is 31.3 Å². The molecule has 0 atom stereocenters. The Bertz CT molecular complexity index is 182. The molecule has 0 bridgehead atoms. The lowest BCUT2D eigenvalue weighted by atomic mass is 9.75. The van der Waals surface area contributed by atoms with Gasteiger partial charge in [-0.3, -0.25) is 0 Å². The highest BCUT2D eigenvalue weighted by Gasteiger charge is 2.34. The van der Waals surface area contributed by atoms with Crippen molar-refractivity contribution in [2.24, 2.45) is 0 Å². The molecule has 5 heteroatoms. The summed E-state index contributed by atoms with van der Waals surface area (Å²) >= 11 is 0. The molecule has 1 aliphatic rings. The quantitative estimate of drug-likeness (QED) is 0.675. The van der Waals surface area contributed by atoms with Gasteiger partial charge in [-0.1, -0.05) is 6.92 Å².